The van der Waals surface area contributed by atoms with Crippen molar-refractivity contribution < 1.29 is 4.74 Å². The minimum Gasteiger partial charge on any atom is -0.384 e. The van der Waals surface area contributed by atoms with Gasteiger partial charge in [0, 0.05) is 19.8 Å². The molecule has 90 valence electrons. The molecule has 0 aliphatic carbocycles. The van der Waals surface area contributed by atoms with Gasteiger partial charge in [0.25, 0.3) is 0 Å². The Balaban J connectivity index is 3.85. The molecule has 0 heterocycles. The predicted octanol–water partition coefficient (Wildman–Crippen LogP) is 2.99. The molecule has 0 fully saturated rings. The topological polar surface area (TPSA) is 21.3 Å². The van der Waals surface area contributed by atoms with Crippen molar-refractivity contribution in [1.82, 2.24) is 5.32 Å². The van der Waals surface area contributed by atoms with Gasteiger partial charge in [-0.1, -0.05) is 19.4 Å². The number of hydrogen-bond donors (Lipinski definition) is 1. The van der Waals surface area contributed by atoms with Crippen molar-refractivity contribution in [3.63, 3.8) is 0 Å². The summed E-state index contributed by atoms with van der Waals surface area (Å²) < 4.78 is 5.16. The Morgan fingerprint density at radius 2 is 2.13 bits per heavy atom. The minimum atomic E-state index is 0.608. The van der Waals surface area contributed by atoms with E-state index in [4.69, 9.17) is 4.74 Å². The summed E-state index contributed by atoms with van der Waals surface area (Å²) in [6.45, 7) is 12.4. The van der Waals surface area contributed by atoms with Crippen LogP contribution in [0.2, 0.25) is 0 Å². The van der Waals surface area contributed by atoms with Crippen LogP contribution in [0.4, 0.5) is 0 Å². The van der Waals surface area contributed by atoms with E-state index >= 15 is 0 Å². The third-order valence-corrected chi connectivity index (χ3v) is 2.55. The van der Waals surface area contributed by atoms with Crippen LogP contribution >= 0.6 is 0 Å². The maximum absolute atomic E-state index is 5.16. The molecule has 2 heteroatoms. The highest BCUT2D eigenvalue weighted by atomic mass is 16.5. The van der Waals surface area contributed by atoms with Gasteiger partial charge >= 0.3 is 0 Å². The predicted molar refractivity (Wildman–Crippen MR) is 67.2 cm³/mol. The van der Waals surface area contributed by atoms with Crippen molar-refractivity contribution in [3.05, 3.63) is 12.2 Å². The molecule has 0 aromatic carbocycles. The van der Waals surface area contributed by atoms with Gasteiger partial charge in [0.05, 0.1) is 0 Å². The fourth-order valence-corrected chi connectivity index (χ4v) is 1.85. The van der Waals surface area contributed by atoms with E-state index in [2.05, 4.69) is 32.7 Å². The second kappa shape index (κ2) is 8.93. The minimum absolute atomic E-state index is 0.608. The third kappa shape index (κ3) is 8.64. The molecular formula is C13H27NO. The Morgan fingerprint density at radius 3 is 2.60 bits per heavy atom. The zero-order valence-electron chi connectivity index (χ0n) is 10.8. The molecule has 0 aliphatic heterocycles. The third-order valence-electron chi connectivity index (χ3n) is 2.55. The van der Waals surface area contributed by atoms with E-state index in [1.165, 1.54) is 18.4 Å². The normalized spacial score (nSPS) is 14.9. The van der Waals surface area contributed by atoms with Crippen LogP contribution in [-0.4, -0.2) is 26.3 Å². The SMILES string of the molecule is C=C(C)CCC(CC(C)COC)NCC. The molecule has 0 aromatic heterocycles. The van der Waals surface area contributed by atoms with Gasteiger partial charge < -0.3 is 10.1 Å². The smallest absolute Gasteiger partial charge is 0.0488 e. The average Bonchev–Trinajstić information content (AvgIpc) is 2.15. The zero-order chi connectivity index (χ0) is 11.7. The van der Waals surface area contributed by atoms with E-state index in [1.807, 2.05) is 0 Å². The van der Waals surface area contributed by atoms with Gasteiger partial charge in [0.2, 0.25) is 0 Å². The van der Waals surface area contributed by atoms with Crippen molar-refractivity contribution >= 4 is 0 Å². The molecule has 2 unspecified atom stereocenters. The largest absolute Gasteiger partial charge is 0.384 e. The molecular weight excluding hydrogens is 186 g/mol. The fourth-order valence-electron chi connectivity index (χ4n) is 1.85. The van der Waals surface area contributed by atoms with Crippen LogP contribution in [0.3, 0.4) is 0 Å². The summed E-state index contributed by atoms with van der Waals surface area (Å²) in [6.07, 6.45) is 3.50. The first-order chi connectivity index (χ1) is 7.10. The molecule has 0 radical (unpaired) electrons. The highest BCUT2D eigenvalue weighted by molar-refractivity contribution is 4.89. The summed E-state index contributed by atoms with van der Waals surface area (Å²) in [5.41, 5.74) is 1.28. The molecule has 0 saturated heterocycles. The van der Waals surface area contributed by atoms with E-state index in [0.29, 0.717) is 12.0 Å². The fraction of sp³-hybridized carbons (Fsp3) is 0.846. The van der Waals surface area contributed by atoms with E-state index in [-0.39, 0.29) is 0 Å². The molecule has 0 bridgehead atoms. The highest BCUT2D eigenvalue weighted by Crippen LogP contribution is 2.13. The van der Waals surface area contributed by atoms with E-state index < -0.39 is 0 Å². The lowest BCUT2D eigenvalue weighted by Crippen LogP contribution is -2.31. The van der Waals surface area contributed by atoms with Crippen LogP contribution in [-0.2, 0) is 4.74 Å². The standard InChI is InChI=1S/C13H27NO/c1-6-14-13(8-7-11(2)3)9-12(4)10-15-5/h12-14H,2,6-10H2,1,3-5H3. The Labute approximate surface area is 95.1 Å². The van der Waals surface area contributed by atoms with Crippen LogP contribution in [0.25, 0.3) is 0 Å². The number of ether oxygens (including phenoxy) is 1. The Morgan fingerprint density at radius 1 is 1.47 bits per heavy atom. The van der Waals surface area contributed by atoms with Gasteiger partial charge in [-0.05, 0) is 38.6 Å². The summed E-state index contributed by atoms with van der Waals surface area (Å²) in [5, 5.41) is 3.53. The lowest BCUT2D eigenvalue weighted by Gasteiger charge is -2.21. The molecule has 0 amide bonds. The second-order valence-corrected chi connectivity index (χ2v) is 4.55. The molecule has 1 N–H and O–H groups in total. The average molecular weight is 213 g/mol. The summed E-state index contributed by atoms with van der Waals surface area (Å²) in [6, 6.07) is 0.608. The lowest BCUT2D eigenvalue weighted by molar-refractivity contribution is 0.148. The Hall–Kier alpha value is -0.340. The molecule has 0 rings (SSSR count). The van der Waals surface area contributed by atoms with E-state index in [1.54, 1.807) is 7.11 Å². The Kier molecular flexibility index (Phi) is 8.73. The highest BCUT2D eigenvalue weighted by Gasteiger charge is 2.11. The molecule has 0 saturated carbocycles. The van der Waals surface area contributed by atoms with Crippen LogP contribution in [0.15, 0.2) is 12.2 Å². The van der Waals surface area contributed by atoms with Crippen molar-refractivity contribution in [1.29, 1.82) is 0 Å². The van der Waals surface area contributed by atoms with Crippen molar-refractivity contribution in [2.75, 3.05) is 20.3 Å². The summed E-state index contributed by atoms with van der Waals surface area (Å²) >= 11 is 0. The van der Waals surface area contributed by atoms with Crippen LogP contribution in [0, 0.1) is 5.92 Å². The van der Waals surface area contributed by atoms with Crippen LogP contribution in [0.5, 0.6) is 0 Å². The van der Waals surface area contributed by atoms with Gasteiger partial charge in [-0.2, -0.15) is 0 Å². The van der Waals surface area contributed by atoms with Gasteiger partial charge in [0.1, 0.15) is 0 Å². The van der Waals surface area contributed by atoms with Crippen LogP contribution in [0.1, 0.15) is 40.0 Å². The molecule has 0 aromatic rings. The number of hydrogen-bond acceptors (Lipinski definition) is 2. The van der Waals surface area contributed by atoms with E-state index in [9.17, 15) is 0 Å². The molecule has 2 nitrogen and oxygen atoms in total. The van der Waals surface area contributed by atoms with Gasteiger partial charge in [0.15, 0.2) is 0 Å². The van der Waals surface area contributed by atoms with Crippen molar-refractivity contribution in [2.45, 2.75) is 46.1 Å². The van der Waals surface area contributed by atoms with Gasteiger partial charge in [-0.25, -0.2) is 0 Å². The first-order valence-corrected chi connectivity index (χ1v) is 5.96. The molecule has 0 spiro atoms. The first-order valence-electron chi connectivity index (χ1n) is 5.96. The number of allylic oxidation sites excluding steroid dienone is 1. The van der Waals surface area contributed by atoms with Gasteiger partial charge in [-0.3, -0.25) is 0 Å². The number of nitrogens with one attached hydrogen (secondary N) is 1. The van der Waals surface area contributed by atoms with Crippen LogP contribution < -0.4 is 5.32 Å². The molecule has 15 heavy (non-hydrogen) atoms. The monoisotopic (exact) mass is 213 g/mol. The summed E-state index contributed by atoms with van der Waals surface area (Å²) in [5.74, 6) is 0.629. The van der Waals surface area contributed by atoms with Crippen molar-refractivity contribution in [2.24, 2.45) is 5.92 Å². The zero-order valence-corrected chi connectivity index (χ0v) is 10.8. The summed E-state index contributed by atoms with van der Waals surface area (Å²) in [7, 11) is 1.77. The lowest BCUT2D eigenvalue weighted by atomic mass is 9.97. The first kappa shape index (κ1) is 14.7. The quantitative estimate of drug-likeness (QED) is 0.595. The maximum Gasteiger partial charge on any atom is 0.0488 e. The second-order valence-electron chi connectivity index (χ2n) is 4.55. The summed E-state index contributed by atoms with van der Waals surface area (Å²) in [4.78, 5) is 0. The number of rotatable bonds is 9. The van der Waals surface area contributed by atoms with E-state index in [0.717, 1.165) is 19.6 Å². The molecule has 0 aliphatic rings. The molecule has 2 atom stereocenters. The van der Waals surface area contributed by atoms with Crippen molar-refractivity contribution in [3.8, 4) is 0 Å². The van der Waals surface area contributed by atoms with Gasteiger partial charge in [-0.15, -0.1) is 6.58 Å². The number of methoxy groups -OCH3 is 1. The Bertz CT molecular complexity index is 168. The maximum atomic E-state index is 5.16.